The standard InChI is InChI=1S/C15H18Cl2N2O3S/c16-11-3-6-13(17)14(8-11)23(21,22)19-7-1-2-10(9-19)15(20)18-12-4-5-12/h3,6,8,10,12H,1-2,4-5,7,9H2,(H,18,20). The second kappa shape index (κ2) is 6.59. The van der Waals surface area contributed by atoms with Crippen LogP contribution in [0.25, 0.3) is 0 Å². The molecule has 1 saturated carbocycles. The topological polar surface area (TPSA) is 66.5 Å². The van der Waals surface area contributed by atoms with Gasteiger partial charge in [0.2, 0.25) is 15.9 Å². The summed E-state index contributed by atoms with van der Waals surface area (Å²) in [6.45, 7) is 0.572. The maximum absolute atomic E-state index is 12.8. The second-order valence-corrected chi connectivity index (χ2v) is 8.81. The van der Waals surface area contributed by atoms with E-state index in [-0.39, 0.29) is 34.3 Å². The Morgan fingerprint density at radius 3 is 2.65 bits per heavy atom. The molecule has 1 aliphatic heterocycles. The molecule has 23 heavy (non-hydrogen) atoms. The van der Waals surface area contributed by atoms with Crippen LogP contribution in [0.4, 0.5) is 0 Å². The van der Waals surface area contributed by atoms with E-state index in [0.717, 1.165) is 12.8 Å². The summed E-state index contributed by atoms with van der Waals surface area (Å²) >= 11 is 11.9. The number of halogens is 2. The van der Waals surface area contributed by atoms with Crippen molar-refractivity contribution < 1.29 is 13.2 Å². The molecule has 2 fully saturated rings. The first-order valence-electron chi connectivity index (χ1n) is 7.63. The molecule has 5 nitrogen and oxygen atoms in total. The highest BCUT2D eigenvalue weighted by molar-refractivity contribution is 7.89. The summed E-state index contributed by atoms with van der Waals surface area (Å²) in [6, 6.07) is 4.65. The van der Waals surface area contributed by atoms with Crippen LogP contribution < -0.4 is 5.32 Å². The first kappa shape index (κ1) is 17.0. The number of nitrogens with one attached hydrogen (secondary N) is 1. The summed E-state index contributed by atoms with van der Waals surface area (Å²) in [7, 11) is -3.76. The van der Waals surface area contributed by atoms with E-state index in [0.29, 0.717) is 24.4 Å². The zero-order chi connectivity index (χ0) is 16.6. The van der Waals surface area contributed by atoms with Gasteiger partial charge in [0, 0.05) is 24.2 Å². The Labute approximate surface area is 146 Å². The molecule has 1 amide bonds. The van der Waals surface area contributed by atoms with Gasteiger partial charge in [-0.2, -0.15) is 4.31 Å². The molecule has 0 radical (unpaired) electrons. The van der Waals surface area contributed by atoms with E-state index in [1.807, 2.05) is 0 Å². The van der Waals surface area contributed by atoms with Crippen molar-refractivity contribution in [2.24, 2.45) is 5.92 Å². The number of hydrogen-bond donors (Lipinski definition) is 1. The van der Waals surface area contributed by atoms with E-state index in [1.165, 1.54) is 16.4 Å². The maximum atomic E-state index is 12.8. The van der Waals surface area contributed by atoms with Gasteiger partial charge < -0.3 is 5.32 Å². The SMILES string of the molecule is O=C(NC1CC1)C1CCCN(S(=O)(=O)c2cc(Cl)ccc2Cl)C1. The van der Waals surface area contributed by atoms with Gasteiger partial charge in [0.05, 0.1) is 10.9 Å². The Bertz CT molecular complexity index is 719. The lowest BCUT2D eigenvalue weighted by Gasteiger charge is -2.31. The van der Waals surface area contributed by atoms with Gasteiger partial charge in [-0.15, -0.1) is 0 Å². The molecular weight excluding hydrogens is 359 g/mol. The van der Waals surface area contributed by atoms with Gasteiger partial charge in [0.25, 0.3) is 0 Å². The van der Waals surface area contributed by atoms with Gasteiger partial charge in [-0.3, -0.25) is 4.79 Å². The molecule has 1 atom stereocenters. The van der Waals surface area contributed by atoms with Crippen LogP contribution in [-0.2, 0) is 14.8 Å². The number of piperidine rings is 1. The quantitative estimate of drug-likeness (QED) is 0.878. The molecule has 1 unspecified atom stereocenters. The average molecular weight is 377 g/mol. The van der Waals surface area contributed by atoms with Gasteiger partial charge in [-0.05, 0) is 43.9 Å². The van der Waals surface area contributed by atoms with Crippen molar-refractivity contribution in [3.63, 3.8) is 0 Å². The predicted octanol–water partition coefficient (Wildman–Crippen LogP) is 2.67. The molecule has 1 aromatic rings. The van der Waals surface area contributed by atoms with Gasteiger partial charge in [0.1, 0.15) is 4.90 Å². The lowest BCUT2D eigenvalue weighted by atomic mass is 9.99. The van der Waals surface area contributed by atoms with E-state index in [9.17, 15) is 13.2 Å². The lowest BCUT2D eigenvalue weighted by Crippen LogP contribution is -2.45. The van der Waals surface area contributed by atoms with E-state index in [2.05, 4.69) is 5.32 Å². The Morgan fingerprint density at radius 2 is 1.96 bits per heavy atom. The normalized spacial score (nSPS) is 22.8. The van der Waals surface area contributed by atoms with E-state index >= 15 is 0 Å². The fourth-order valence-electron chi connectivity index (χ4n) is 2.74. The minimum absolute atomic E-state index is 0.00471. The number of hydrogen-bond acceptors (Lipinski definition) is 3. The zero-order valence-corrected chi connectivity index (χ0v) is 14.8. The molecule has 0 spiro atoms. The van der Waals surface area contributed by atoms with Crippen LogP contribution in [0.5, 0.6) is 0 Å². The largest absolute Gasteiger partial charge is 0.353 e. The molecule has 1 aliphatic carbocycles. The summed E-state index contributed by atoms with van der Waals surface area (Å²) in [5.74, 6) is -0.360. The lowest BCUT2D eigenvalue weighted by molar-refractivity contribution is -0.126. The predicted molar refractivity (Wildman–Crippen MR) is 89.1 cm³/mol. The maximum Gasteiger partial charge on any atom is 0.244 e. The molecule has 1 heterocycles. The average Bonchev–Trinajstić information content (AvgIpc) is 3.33. The van der Waals surface area contributed by atoms with Crippen molar-refractivity contribution in [2.75, 3.05) is 13.1 Å². The smallest absolute Gasteiger partial charge is 0.244 e. The van der Waals surface area contributed by atoms with Gasteiger partial charge in [-0.25, -0.2) is 8.42 Å². The van der Waals surface area contributed by atoms with E-state index < -0.39 is 10.0 Å². The first-order chi connectivity index (χ1) is 10.9. The van der Waals surface area contributed by atoms with Crippen LogP contribution in [0.1, 0.15) is 25.7 Å². The highest BCUT2D eigenvalue weighted by atomic mass is 35.5. The van der Waals surface area contributed by atoms with Crippen LogP contribution in [0.15, 0.2) is 23.1 Å². The monoisotopic (exact) mass is 376 g/mol. The third-order valence-electron chi connectivity index (χ3n) is 4.19. The van der Waals surface area contributed by atoms with Crippen LogP contribution in [0, 0.1) is 5.92 Å². The summed E-state index contributed by atoms with van der Waals surface area (Å²) in [5.41, 5.74) is 0. The summed E-state index contributed by atoms with van der Waals surface area (Å²) in [5, 5.41) is 3.40. The molecule has 0 bridgehead atoms. The van der Waals surface area contributed by atoms with Crippen LogP contribution in [0.2, 0.25) is 10.0 Å². The minimum Gasteiger partial charge on any atom is -0.353 e. The van der Waals surface area contributed by atoms with Crippen LogP contribution in [-0.4, -0.2) is 37.8 Å². The highest BCUT2D eigenvalue weighted by Gasteiger charge is 2.36. The molecule has 8 heteroatoms. The van der Waals surface area contributed by atoms with Crippen molar-refractivity contribution in [3.8, 4) is 0 Å². The molecular formula is C15H18Cl2N2O3S. The molecule has 0 aromatic heterocycles. The molecule has 2 aliphatic rings. The fraction of sp³-hybridized carbons (Fsp3) is 0.533. The number of carbonyl (C=O) groups excluding carboxylic acids is 1. The van der Waals surface area contributed by atoms with Crippen molar-refractivity contribution >= 4 is 39.1 Å². The third-order valence-corrected chi connectivity index (χ3v) is 6.77. The number of carbonyl (C=O) groups is 1. The van der Waals surface area contributed by atoms with Gasteiger partial charge in [0.15, 0.2) is 0 Å². The Morgan fingerprint density at radius 1 is 1.22 bits per heavy atom. The number of benzene rings is 1. The second-order valence-electron chi connectivity index (χ2n) is 6.06. The third kappa shape index (κ3) is 3.82. The Kier molecular flexibility index (Phi) is 4.88. The summed E-state index contributed by atoms with van der Waals surface area (Å²) in [6.07, 6.45) is 3.38. The van der Waals surface area contributed by atoms with Crippen molar-refractivity contribution in [1.29, 1.82) is 0 Å². The Hall–Kier alpha value is -0.820. The minimum atomic E-state index is -3.76. The van der Waals surface area contributed by atoms with Crippen molar-refractivity contribution in [1.82, 2.24) is 9.62 Å². The van der Waals surface area contributed by atoms with E-state index in [1.54, 1.807) is 6.07 Å². The molecule has 3 rings (SSSR count). The number of nitrogens with zero attached hydrogens (tertiary/aromatic N) is 1. The molecule has 1 N–H and O–H groups in total. The van der Waals surface area contributed by atoms with Crippen LogP contribution >= 0.6 is 23.2 Å². The fourth-order valence-corrected chi connectivity index (χ4v) is 5.00. The van der Waals surface area contributed by atoms with E-state index in [4.69, 9.17) is 23.2 Å². The van der Waals surface area contributed by atoms with Crippen molar-refractivity contribution in [3.05, 3.63) is 28.2 Å². The van der Waals surface area contributed by atoms with Gasteiger partial charge in [-0.1, -0.05) is 23.2 Å². The molecule has 1 saturated heterocycles. The first-order valence-corrected chi connectivity index (χ1v) is 9.83. The number of sulfonamides is 1. The summed E-state index contributed by atoms with van der Waals surface area (Å²) in [4.78, 5) is 12.2. The van der Waals surface area contributed by atoms with Crippen molar-refractivity contribution in [2.45, 2.75) is 36.6 Å². The van der Waals surface area contributed by atoms with Crippen LogP contribution in [0.3, 0.4) is 0 Å². The molecule has 126 valence electrons. The highest BCUT2D eigenvalue weighted by Crippen LogP contribution is 2.30. The molecule has 1 aromatic carbocycles. The number of amides is 1. The Balaban J connectivity index is 1.79. The zero-order valence-electron chi connectivity index (χ0n) is 12.5. The number of rotatable bonds is 4. The van der Waals surface area contributed by atoms with Gasteiger partial charge >= 0.3 is 0 Å². The summed E-state index contributed by atoms with van der Waals surface area (Å²) < 4.78 is 27.0.